The number of hydrogen-bond acceptors (Lipinski definition) is 3. The summed E-state index contributed by atoms with van der Waals surface area (Å²) in [6.07, 6.45) is 3.42. The number of carbonyl (C=O) groups excluding carboxylic acids is 1. The summed E-state index contributed by atoms with van der Waals surface area (Å²) in [6, 6.07) is 3.72. The molecule has 2 rings (SSSR count). The minimum absolute atomic E-state index is 0.0878. The highest BCUT2D eigenvalue weighted by molar-refractivity contribution is 5.91. The molecule has 1 aliphatic rings. The van der Waals surface area contributed by atoms with Crippen LogP contribution in [0.1, 0.15) is 18.5 Å². The molecule has 1 unspecified atom stereocenters. The van der Waals surface area contributed by atoms with Crippen LogP contribution in [-0.2, 0) is 4.79 Å². The SMILES string of the molecule is Cc1ncccc1NC(=O)CC1CCNC1. The molecular weight excluding hydrogens is 202 g/mol. The summed E-state index contributed by atoms with van der Waals surface area (Å²) >= 11 is 0. The lowest BCUT2D eigenvalue weighted by Gasteiger charge is -2.10. The van der Waals surface area contributed by atoms with Crippen molar-refractivity contribution in [1.29, 1.82) is 0 Å². The molecule has 1 amide bonds. The first-order chi connectivity index (χ1) is 7.75. The fraction of sp³-hybridized carbons (Fsp3) is 0.500. The van der Waals surface area contributed by atoms with Gasteiger partial charge in [0.2, 0.25) is 5.91 Å². The van der Waals surface area contributed by atoms with Gasteiger partial charge in [-0.2, -0.15) is 0 Å². The Labute approximate surface area is 95.5 Å². The van der Waals surface area contributed by atoms with E-state index in [1.165, 1.54) is 0 Å². The summed E-state index contributed by atoms with van der Waals surface area (Å²) in [6.45, 7) is 3.88. The average Bonchev–Trinajstić information content (AvgIpc) is 2.74. The number of nitrogens with zero attached hydrogens (tertiary/aromatic N) is 1. The molecule has 2 N–H and O–H groups in total. The number of aryl methyl sites for hydroxylation is 1. The first-order valence-corrected chi connectivity index (χ1v) is 5.68. The van der Waals surface area contributed by atoms with E-state index >= 15 is 0 Å². The zero-order valence-electron chi connectivity index (χ0n) is 9.49. The molecule has 0 bridgehead atoms. The van der Waals surface area contributed by atoms with Gasteiger partial charge in [0.1, 0.15) is 0 Å². The first-order valence-electron chi connectivity index (χ1n) is 5.68. The number of hydrogen-bond donors (Lipinski definition) is 2. The van der Waals surface area contributed by atoms with Gasteiger partial charge in [0, 0.05) is 12.6 Å². The van der Waals surface area contributed by atoms with Gasteiger partial charge in [0.25, 0.3) is 0 Å². The molecule has 1 saturated heterocycles. The van der Waals surface area contributed by atoms with Crippen LogP contribution in [0.5, 0.6) is 0 Å². The summed E-state index contributed by atoms with van der Waals surface area (Å²) in [4.78, 5) is 15.9. The molecule has 0 aliphatic carbocycles. The zero-order chi connectivity index (χ0) is 11.4. The van der Waals surface area contributed by atoms with E-state index in [1.807, 2.05) is 19.1 Å². The van der Waals surface area contributed by atoms with E-state index in [-0.39, 0.29) is 5.91 Å². The highest BCUT2D eigenvalue weighted by atomic mass is 16.1. The molecule has 16 heavy (non-hydrogen) atoms. The van der Waals surface area contributed by atoms with Gasteiger partial charge in [-0.05, 0) is 44.5 Å². The van der Waals surface area contributed by atoms with Gasteiger partial charge in [0.05, 0.1) is 11.4 Å². The van der Waals surface area contributed by atoms with E-state index in [1.54, 1.807) is 6.20 Å². The lowest BCUT2D eigenvalue weighted by molar-refractivity contribution is -0.116. The molecule has 2 heterocycles. The molecule has 1 fully saturated rings. The van der Waals surface area contributed by atoms with Gasteiger partial charge in [-0.25, -0.2) is 0 Å². The second kappa shape index (κ2) is 5.07. The van der Waals surface area contributed by atoms with Crippen LogP contribution >= 0.6 is 0 Å². The van der Waals surface area contributed by atoms with Crippen LogP contribution in [0.4, 0.5) is 5.69 Å². The predicted molar refractivity (Wildman–Crippen MR) is 63.2 cm³/mol. The third-order valence-electron chi connectivity index (χ3n) is 2.92. The molecule has 4 heteroatoms. The maximum absolute atomic E-state index is 11.8. The molecular formula is C12H17N3O. The second-order valence-electron chi connectivity index (χ2n) is 4.25. The molecule has 0 aromatic carbocycles. The smallest absolute Gasteiger partial charge is 0.224 e. The van der Waals surface area contributed by atoms with Crippen LogP contribution in [0.15, 0.2) is 18.3 Å². The number of carbonyl (C=O) groups is 1. The Bertz CT molecular complexity index is 372. The lowest BCUT2D eigenvalue weighted by Crippen LogP contribution is -2.18. The van der Waals surface area contributed by atoms with Crippen LogP contribution in [0.3, 0.4) is 0 Å². The van der Waals surface area contributed by atoms with Gasteiger partial charge in [-0.15, -0.1) is 0 Å². The summed E-state index contributed by atoms with van der Waals surface area (Å²) in [7, 11) is 0. The average molecular weight is 219 g/mol. The van der Waals surface area contributed by atoms with E-state index < -0.39 is 0 Å². The van der Waals surface area contributed by atoms with E-state index in [9.17, 15) is 4.79 Å². The third kappa shape index (κ3) is 2.79. The number of nitrogens with one attached hydrogen (secondary N) is 2. The normalized spacial score (nSPS) is 19.7. The van der Waals surface area contributed by atoms with E-state index in [4.69, 9.17) is 0 Å². The van der Waals surface area contributed by atoms with E-state index in [0.29, 0.717) is 12.3 Å². The zero-order valence-corrected chi connectivity index (χ0v) is 9.49. The Morgan fingerprint density at radius 3 is 3.25 bits per heavy atom. The van der Waals surface area contributed by atoms with E-state index in [2.05, 4.69) is 15.6 Å². The first kappa shape index (κ1) is 11.1. The van der Waals surface area contributed by atoms with Crippen LogP contribution in [0, 0.1) is 12.8 Å². The van der Waals surface area contributed by atoms with Gasteiger partial charge >= 0.3 is 0 Å². The standard InChI is InChI=1S/C12H17N3O/c1-9-11(3-2-5-14-9)15-12(16)7-10-4-6-13-8-10/h2-3,5,10,13H,4,6-8H2,1H3,(H,15,16). The van der Waals surface area contributed by atoms with E-state index in [0.717, 1.165) is 30.9 Å². The maximum atomic E-state index is 11.8. The van der Waals surface area contributed by atoms with Crippen LogP contribution in [-0.4, -0.2) is 24.0 Å². The minimum atomic E-state index is 0.0878. The van der Waals surface area contributed by atoms with Crippen LogP contribution < -0.4 is 10.6 Å². The Morgan fingerprint density at radius 2 is 2.56 bits per heavy atom. The van der Waals surface area contributed by atoms with Crippen molar-refractivity contribution in [2.75, 3.05) is 18.4 Å². The summed E-state index contributed by atoms with van der Waals surface area (Å²) < 4.78 is 0. The highest BCUT2D eigenvalue weighted by Crippen LogP contribution is 2.15. The van der Waals surface area contributed by atoms with Crippen LogP contribution in [0.25, 0.3) is 0 Å². The third-order valence-corrected chi connectivity index (χ3v) is 2.92. The summed E-state index contributed by atoms with van der Waals surface area (Å²) in [5, 5.41) is 6.17. The van der Waals surface area contributed by atoms with Crippen molar-refractivity contribution < 1.29 is 4.79 Å². The monoisotopic (exact) mass is 219 g/mol. The van der Waals surface area contributed by atoms with Gasteiger partial charge in [-0.3, -0.25) is 9.78 Å². The highest BCUT2D eigenvalue weighted by Gasteiger charge is 2.18. The summed E-state index contributed by atoms with van der Waals surface area (Å²) in [5.41, 5.74) is 1.68. The van der Waals surface area contributed by atoms with Crippen molar-refractivity contribution in [3.05, 3.63) is 24.0 Å². The topological polar surface area (TPSA) is 54.0 Å². The van der Waals surface area contributed by atoms with Gasteiger partial charge in [-0.1, -0.05) is 0 Å². The largest absolute Gasteiger partial charge is 0.324 e. The van der Waals surface area contributed by atoms with Crippen molar-refractivity contribution in [3.63, 3.8) is 0 Å². The Balaban J connectivity index is 1.89. The molecule has 1 aliphatic heterocycles. The van der Waals surface area contributed by atoms with Crippen molar-refractivity contribution in [1.82, 2.24) is 10.3 Å². The minimum Gasteiger partial charge on any atom is -0.324 e. The van der Waals surface area contributed by atoms with Crippen molar-refractivity contribution in [2.45, 2.75) is 19.8 Å². The van der Waals surface area contributed by atoms with Crippen molar-refractivity contribution in [3.8, 4) is 0 Å². The Morgan fingerprint density at radius 1 is 1.69 bits per heavy atom. The molecule has 0 saturated carbocycles. The van der Waals surface area contributed by atoms with Crippen LogP contribution in [0.2, 0.25) is 0 Å². The second-order valence-corrected chi connectivity index (χ2v) is 4.25. The Kier molecular flexibility index (Phi) is 3.51. The number of rotatable bonds is 3. The molecule has 1 aromatic rings. The molecule has 1 atom stereocenters. The summed E-state index contributed by atoms with van der Waals surface area (Å²) in [5.74, 6) is 0.571. The Hall–Kier alpha value is -1.42. The number of aromatic nitrogens is 1. The lowest BCUT2D eigenvalue weighted by atomic mass is 10.0. The predicted octanol–water partition coefficient (Wildman–Crippen LogP) is 1.33. The van der Waals surface area contributed by atoms with Crippen molar-refractivity contribution in [2.24, 2.45) is 5.92 Å². The fourth-order valence-electron chi connectivity index (χ4n) is 1.97. The van der Waals surface area contributed by atoms with Crippen molar-refractivity contribution >= 4 is 11.6 Å². The van der Waals surface area contributed by atoms with Gasteiger partial charge in [0.15, 0.2) is 0 Å². The fourth-order valence-corrected chi connectivity index (χ4v) is 1.97. The molecule has 0 radical (unpaired) electrons. The quantitative estimate of drug-likeness (QED) is 0.806. The van der Waals surface area contributed by atoms with Gasteiger partial charge < -0.3 is 10.6 Å². The molecule has 0 spiro atoms. The number of pyridine rings is 1. The number of anilines is 1. The molecule has 1 aromatic heterocycles. The maximum Gasteiger partial charge on any atom is 0.224 e. The molecule has 86 valence electrons. The number of amides is 1. The molecule has 4 nitrogen and oxygen atoms in total.